The highest BCUT2D eigenvalue weighted by Crippen LogP contribution is 2.21. The maximum Gasteiger partial charge on any atom is 0.337 e. The number of carbonyl (C=O) groups excluding carboxylic acids is 2. The summed E-state index contributed by atoms with van der Waals surface area (Å²) in [6.45, 7) is 7.35. The zero-order valence-electron chi connectivity index (χ0n) is 17.6. The zero-order chi connectivity index (χ0) is 20.5. The van der Waals surface area contributed by atoms with Crippen LogP contribution in [0.1, 0.15) is 62.4 Å². The Bertz CT molecular complexity index is 716. The van der Waals surface area contributed by atoms with Gasteiger partial charge in [0.05, 0.1) is 18.7 Å². The third-order valence-electron chi connectivity index (χ3n) is 5.22. The van der Waals surface area contributed by atoms with Gasteiger partial charge in [-0.25, -0.2) is 4.79 Å². The van der Waals surface area contributed by atoms with Gasteiger partial charge in [-0.1, -0.05) is 49.8 Å². The van der Waals surface area contributed by atoms with Gasteiger partial charge in [-0.15, -0.1) is 0 Å². The van der Waals surface area contributed by atoms with Crippen LogP contribution in [0.15, 0.2) is 48.1 Å². The largest absolute Gasteiger partial charge is 0.465 e. The summed E-state index contributed by atoms with van der Waals surface area (Å²) < 4.78 is 4.72. The van der Waals surface area contributed by atoms with Crippen molar-refractivity contribution in [2.24, 2.45) is 5.92 Å². The summed E-state index contributed by atoms with van der Waals surface area (Å²) in [5.41, 5.74) is 3.04. The van der Waals surface area contributed by atoms with Gasteiger partial charge in [-0.3, -0.25) is 4.79 Å². The van der Waals surface area contributed by atoms with Crippen LogP contribution in [0, 0.1) is 5.92 Å². The van der Waals surface area contributed by atoms with Gasteiger partial charge in [-0.05, 0) is 56.2 Å². The molecule has 1 heterocycles. The number of methoxy groups -OCH3 is 1. The maximum absolute atomic E-state index is 12.3. The Morgan fingerprint density at radius 3 is 2.64 bits per heavy atom. The van der Waals surface area contributed by atoms with E-state index >= 15 is 0 Å². The molecule has 0 N–H and O–H groups in total. The molecule has 0 aliphatic carbocycles. The van der Waals surface area contributed by atoms with Crippen LogP contribution in [0.3, 0.4) is 0 Å². The summed E-state index contributed by atoms with van der Waals surface area (Å²) in [7, 11) is 1.38. The molecule has 1 amide bonds. The molecule has 152 valence electrons. The number of nitrogens with zero attached hydrogens (tertiary/aromatic N) is 1. The second kappa shape index (κ2) is 10.8. The number of hydrogen-bond donors (Lipinski definition) is 0. The van der Waals surface area contributed by atoms with Crippen molar-refractivity contribution >= 4 is 11.9 Å². The highest BCUT2D eigenvalue weighted by molar-refractivity contribution is 5.89. The Kier molecular flexibility index (Phi) is 8.49. The molecule has 0 unspecified atom stereocenters. The van der Waals surface area contributed by atoms with Crippen LogP contribution in [0.2, 0.25) is 0 Å². The minimum Gasteiger partial charge on any atom is -0.465 e. The molecule has 4 heteroatoms. The molecule has 1 saturated heterocycles. The first-order valence-corrected chi connectivity index (χ1v) is 10.2. The van der Waals surface area contributed by atoms with Crippen molar-refractivity contribution in [3.8, 4) is 0 Å². The molecule has 1 atom stereocenters. The van der Waals surface area contributed by atoms with Crippen LogP contribution in [0.25, 0.3) is 0 Å². The molecule has 4 nitrogen and oxygen atoms in total. The van der Waals surface area contributed by atoms with Gasteiger partial charge >= 0.3 is 5.97 Å². The molecule has 0 saturated carbocycles. The standard InChI is InChI=1S/C24H33NO3/c1-18(2)8-9-19(3)6-5-7-22-14-15-23(26)25(22)17-16-20-10-12-21(13-11-20)24(27)28-4/h5-7,10-13,18,22H,8-9,14-17H2,1-4H3/t22-/m0/s1. The van der Waals surface area contributed by atoms with Crippen molar-refractivity contribution in [1.29, 1.82) is 0 Å². The first-order chi connectivity index (χ1) is 13.4. The first-order valence-electron chi connectivity index (χ1n) is 10.2. The average Bonchev–Trinajstić information content (AvgIpc) is 3.04. The molecule has 1 aliphatic heterocycles. The number of rotatable bonds is 9. The topological polar surface area (TPSA) is 46.6 Å². The van der Waals surface area contributed by atoms with E-state index in [0.717, 1.165) is 30.7 Å². The Labute approximate surface area is 169 Å². The van der Waals surface area contributed by atoms with Crippen LogP contribution in [-0.4, -0.2) is 36.5 Å². The van der Waals surface area contributed by atoms with E-state index in [9.17, 15) is 9.59 Å². The summed E-state index contributed by atoms with van der Waals surface area (Å²) in [5, 5.41) is 0. The molecule has 28 heavy (non-hydrogen) atoms. The van der Waals surface area contributed by atoms with Gasteiger partial charge in [0.25, 0.3) is 0 Å². The summed E-state index contributed by atoms with van der Waals surface area (Å²) in [6, 6.07) is 7.58. The molecule has 0 bridgehead atoms. The van der Waals surface area contributed by atoms with Crippen LogP contribution in [0.4, 0.5) is 0 Å². The molecule has 0 radical (unpaired) electrons. The highest BCUT2D eigenvalue weighted by Gasteiger charge is 2.28. The normalized spacial score (nSPS) is 17.8. The molecule has 1 aromatic rings. The van der Waals surface area contributed by atoms with Crippen molar-refractivity contribution in [2.45, 2.75) is 58.9 Å². The lowest BCUT2D eigenvalue weighted by Gasteiger charge is -2.22. The van der Waals surface area contributed by atoms with Crippen LogP contribution in [0.5, 0.6) is 0 Å². The lowest BCUT2D eigenvalue weighted by molar-refractivity contribution is -0.128. The van der Waals surface area contributed by atoms with Crippen molar-refractivity contribution in [2.75, 3.05) is 13.7 Å². The molecular weight excluding hydrogens is 350 g/mol. The molecule has 0 spiro atoms. The van der Waals surface area contributed by atoms with E-state index in [4.69, 9.17) is 4.74 Å². The summed E-state index contributed by atoms with van der Waals surface area (Å²) >= 11 is 0. The van der Waals surface area contributed by atoms with E-state index in [1.54, 1.807) is 12.1 Å². The smallest absolute Gasteiger partial charge is 0.337 e. The maximum atomic E-state index is 12.3. The van der Waals surface area contributed by atoms with E-state index in [-0.39, 0.29) is 17.9 Å². The van der Waals surface area contributed by atoms with Gasteiger partial charge in [-0.2, -0.15) is 0 Å². The monoisotopic (exact) mass is 383 g/mol. The Morgan fingerprint density at radius 2 is 2.00 bits per heavy atom. The van der Waals surface area contributed by atoms with Crippen molar-refractivity contribution in [1.82, 2.24) is 4.90 Å². The van der Waals surface area contributed by atoms with Crippen LogP contribution in [-0.2, 0) is 16.0 Å². The van der Waals surface area contributed by atoms with Crippen LogP contribution >= 0.6 is 0 Å². The predicted molar refractivity (Wildman–Crippen MR) is 113 cm³/mol. The third kappa shape index (κ3) is 6.66. The lowest BCUT2D eigenvalue weighted by atomic mass is 10.0. The number of esters is 1. The zero-order valence-corrected chi connectivity index (χ0v) is 17.6. The Hall–Kier alpha value is -2.36. The lowest BCUT2D eigenvalue weighted by Crippen LogP contribution is -2.33. The third-order valence-corrected chi connectivity index (χ3v) is 5.22. The summed E-state index contributed by atoms with van der Waals surface area (Å²) in [5.74, 6) is 0.613. The molecule has 1 aliphatic rings. The first kappa shape index (κ1) is 21.9. The fourth-order valence-corrected chi connectivity index (χ4v) is 3.37. The van der Waals surface area contributed by atoms with Crippen LogP contribution < -0.4 is 0 Å². The SMILES string of the molecule is COC(=O)c1ccc(CCN2C(=O)CC[C@@H]2C=CC=C(C)CCC(C)C)cc1. The van der Waals surface area contributed by atoms with Gasteiger partial charge in [0.1, 0.15) is 0 Å². The Balaban J connectivity index is 1.90. The van der Waals surface area contributed by atoms with E-state index in [1.807, 2.05) is 17.0 Å². The van der Waals surface area contributed by atoms with Gasteiger partial charge in [0.15, 0.2) is 0 Å². The number of ether oxygens (including phenoxy) is 1. The minimum atomic E-state index is -0.330. The molecule has 2 rings (SSSR count). The van der Waals surface area contributed by atoms with Gasteiger partial charge in [0, 0.05) is 13.0 Å². The summed E-state index contributed by atoms with van der Waals surface area (Å²) in [6.07, 6.45) is 11.1. The predicted octanol–water partition coefficient (Wildman–Crippen LogP) is 4.95. The minimum absolute atomic E-state index is 0.177. The number of amides is 1. The number of carbonyl (C=O) groups is 2. The Morgan fingerprint density at radius 1 is 1.29 bits per heavy atom. The van der Waals surface area contributed by atoms with Crippen molar-refractivity contribution in [3.05, 3.63) is 59.2 Å². The fourth-order valence-electron chi connectivity index (χ4n) is 3.37. The quantitative estimate of drug-likeness (QED) is 0.448. The number of hydrogen-bond acceptors (Lipinski definition) is 3. The molecule has 0 aromatic heterocycles. The van der Waals surface area contributed by atoms with E-state index in [0.29, 0.717) is 18.5 Å². The average molecular weight is 384 g/mol. The molecular formula is C24H33NO3. The van der Waals surface area contributed by atoms with Gasteiger partial charge < -0.3 is 9.64 Å². The van der Waals surface area contributed by atoms with Crippen molar-refractivity contribution < 1.29 is 14.3 Å². The second-order valence-corrected chi connectivity index (χ2v) is 7.96. The highest BCUT2D eigenvalue weighted by atomic mass is 16.5. The molecule has 1 aromatic carbocycles. The number of likely N-dealkylation sites (tertiary alicyclic amines) is 1. The molecule has 1 fully saturated rings. The van der Waals surface area contributed by atoms with Gasteiger partial charge in [0.2, 0.25) is 5.91 Å². The fraction of sp³-hybridized carbons (Fsp3) is 0.500. The van der Waals surface area contributed by atoms with E-state index in [2.05, 4.69) is 39.0 Å². The van der Waals surface area contributed by atoms with E-state index in [1.165, 1.54) is 19.1 Å². The van der Waals surface area contributed by atoms with Crippen molar-refractivity contribution in [3.63, 3.8) is 0 Å². The number of allylic oxidation sites excluding steroid dienone is 3. The number of benzene rings is 1. The van der Waals surface area contributed by atoms with E-state index < -0.39 is 0 Å². The second-order valence-electron chi connectivity index (χ2n) is 7.96. The summed E-state index contributed by atoms with van der Waals surface area (Å²) in [4.78, 5) is 25.8.